The van der Waals surface area contributed by atoms with Gasteiger partial charge in [-0.25, -0.2) is 0 Å². The fourth-order valence-electron chi connectivity index (χ4n) is 1.67. The number of fused-ring (bicyclic) bond motifs is 1. The van der Waals surface area contributed by atoms with E-state index in [1.807, 2.05) is 12.4 Å². The lowest BCUT2D eigenvalue weighted by atomic mass is 10.0. The van der Waals surface area contributed by atoms with Gasteiger partial charge in [-0.15, -0.1) is 0 Å². The molecule has 0 aliphatic rings. The number of rotatable bonds is 3. The molecule has 0 spiro atoms. The molecule has 1 aromatic heterocycles. The summed E-state index contributed by atoms with van der Waals surface area (Å²) < 4.78 is 0. The lowest BCUT2D eigenvalue weighted by Crippen LogP contribution is -1.84. The Hall–Kier alpha value is -1.37. The summed E-state index contributed by atoms with van der Waals surface area (Å²) in [5, 5.41) is 2.53. The van der Waals surface area contributed by atoms with Crippen LogP contribution in [0.3, 0.4) is 0 Å². The summed E-state index contributed by atoms with van der Waals surface area (Å²) in [7, 11) is 0. The van der Waals surface area contributed by atoms with E-state index in [9.17, 15) is 0 Å². The second-order valence-corrected chi connectivity index (χ2v) is 3.66. The third-order valence-electron chi connectivity index (χ3n) is 2.52. The summed E-state index contributed by atoms with van der Waals surface area (Å²) in [6, 6.07) is 8.71. The van der Waals surface area contributed by atoms with E-state index in [0.717, 1.165) is 0 Å². The van der Waals surface area contributed by atoms with Crippen molar-refractivity contribution in [3.05, 3.63) is 42.2 Å². The van der Waals surface area contributed by atoms with Crippen LogP contribution < -0.4 is 0 Å². The Morgan fingerprint density at radius 1 is 1.14 bits per heavy atom. The fourth-order valence-corrected chi connectivity index (χ4v) is 1.67. The van der Waals surface area contributed by atoms with Crippen LogP contribution in [0.2, 0.25) is 0 Å². The van der Waals surface area contributed by atoms with Gasteiger partial charge in [-0.2, -0.15) is 0 Å². The van der Waals surface area contributed by atoms with Gasteiger partial charge in [0.2, 0.25) is 0 Å². The Morgan fingerprint density at radius 2 is 2.07 bits per heavy atom. The normalized spacial score (nSPS) is 10.6. The molecular formula is C13H15N. The van der Waals surface area contributed by atoms with Gasteiger partial charge in [-0.3, -0.25) is 4.98 Å². The molecule has 0 N–H and O–H groups in total. The van der Waals surface area contributed by atoms with Crippen LogP contribution in [0.1, 0.15) is 25.3 Å². The van der Waals surface area contributed by atoms with Crippen molar-refractivity contribution in [1.82, 2.24) is 4.98 Å². The van der Waals surface area contributed by atoms with Crippen molar-refractivity contribution in [3.8, 4) is 0 Å². The highest BCUT2D eigenvalue weighted by Crippen LogP contribution is 2.15. The Kier molecular flexibility index (Phi) is 2.78. The van der Waals surface area contributed by atoms with E-state index in [0.29, 0.717) is 0 Å². The zero-order valence-electron chi connectivity index (χ0n) is 8.53. The molecule has 0 atom stereocenters. The first-order valence-corrected chi connectivity index (χ1v) is 5.23. The van der Waals surface area contributed by atoms with Crippen molar-refractivity contribution >= 4 is 10.8 Å². The molecule has 72 valence electrons. The first-order valence-electron chi connectivity index (χ1n) is 5.23. The van der Waals surface area contributed by atoms with Gasteiger partial charge in [0, 0.05) is 17.8 Å². The van der Waals surface area contributed by atoms with Gasteiger partial charge in [-0.05, 0) is 29.9 Å². The average Bonchev–Trinajstić information content (AvgIpc) is 2.26. The maximum atomic E-state index is 4.10. The topological polar surface area (TPSA) is 12.9 Å². The van der Waals surface area contributed by atoms with Crippen LogP contribution in [-0.2, 0) is 6.42 Å². The largest absolute Gasteiger partial charge is 0.264 e. The Labute approximate surface area is 84.8 Å². The number of hydrogen-bond donors (Lipinski definition) is 0. The Balaban J connectivity index is 2.32. The summed E-state index contributed by atoms with van der Waals surface area (Å²) in [5.41, 5.74) is 1.44. The molecule has 1 heteroatoms. The summed E-state index contributed by atoms with van der Waals surface area (Å²) in [4.78, 5) is 4.10. The Morgan fingerprint density at radius 3 is 2.93 bits per heavy atom. The maximum absolute atomic E-state index is 4.10. The molecule has 0 fully saturated rings. The molecular weight excluding hydrogens is 170 g/mol. The van der Waals surface area contributed by atoms with Gasteiger partial charge in [0.15, 0.2) is 0 Å². The smallest absolute Gasteiger partial charge is 0.0346 e. The number of pyridine rings is 1. The third kappa shape index (κ3) is 1.92. The minimum absolute atomic E-state index is 1.19. The molecule has 14 heavy (non-hydrogen) atoms. The van der Waals surface area contributed by atoms with E-state index >= 15 is 0 Å². The molecule has 1 aromatic carbocycles. The Bertz CT molecular complexity index is 420. The number of nitrogens with zero attached hydrogens (tertiary/aromatic N) is 1. The minimum Gasteiger partial charge on any atom is -0.264 e. The zero-order chi connectivity index (χ0) is 9.80. The molecule has 0 amide bonds. The van der Waals surface area contributed by atoms with E-state index in [4.69, 9.17) is 0 Å². The molecule has 0 unspecified atom stereocenters. The van der Waals surface area contributed by atoms with Crippen molar-refractivity contribution in [1.29, 1.82) is 0 Å². The molecule has 2 aromatic rings. The van der Waals surface area contributed by atoms with Crippen LogP contribution in [0.25, 0.3) is 10.8 Å². The lowest BCUT2D eigenvalue weighted by Gasteiger charge is -2.02. The highest BCUT2D eigenvalue weighted by molar-refractivity contribution is 5.81. The summed E-state index contributed by atoms with van der Waals surface area (Å²) >= 11 is 0. The van der Waals surface area contributed by atoms with Crippen molar-refractivity contribution in [2.75, 3.05) is 0 Å². The van der Waals surface area contributed by atoms with Crippen molar-refractivity contribution in [2.45, 2.75) is 26.2 Å². The number of aromatic nitrogens is 1. The first kappa shape index (κ1) is 9.20. The van der Waals surface area contributed by atoms with Crippen LogP contribution in [-0.4, -0.2) is 4.98 Å². The maximum Gasteiger partial charge on any atom is 0.0346 e. The first-order chi connectivity index (χ1) is 6.90. The lowest BCUT2D eigenvalue weighted by molar-refractivity contribution is 0.796. The van der Waals surface area contributed by atoms with E-state index < -0.39 is 0 Å². The van der Waals surface area contributed by atoms with Crippen LogP contribution in [0.4, 0.5) is 0 Å². The molecule has 0 saturated carbocycles. The van der Waals surface area contributed by atoms with Crippen LogP contribution in [0, 0.1) is 0 Å². The van der Waals surface area contributed by atoms with E-state index in [2.05, 4.69) is 36.2 Å². The molecule has 0 aliphatic carbocycles. The molecule has 0 saturated heterocycles. The molecule has 0 radical (unpaired) electrons. The highest BCUT2D eigenvalue weighted by Gasteiger charge is 1.95. The SMILES string of the molecule is CCCCc1ccc2cnccc2c1. The van der Waals surface area contributed by atoms with Gasteiger partial charge in [-0.1, -0.05) is 31.5 Å². The minimum atomic E-state index is 1.19. The second-order valence-electron chi connectivity index (χ2n) is 3.66. The second kappa shape index (κ2) is 4.23. The van der Waals surface area contributed by atoms with E-state index in [1.165, 1.54) is 35.6 Å². The van der Waals surface area contributed by atoms with E-state index in [-0.39, 0.29) is 0 Å². The zero-order valence-corrected chi connectivity index (χ0v) is 8.53. The molecule has 0 aliphatic heterocycles. The summed E-state index contributed by atoms with van der Waals surface area (Å²) in [6.07, 6.45) is 7.49. The van der Waals surface area contributed by atoms with Crippen LogP contribution in [0.5, 0.6) is 0 Å². The quantitative estimate of drug-likeness (QED) is 0.712. The van der Waals surface area contributed by atoms with E-state index in [1.54, 1.807) is 0 Å². The van der Waals surface area contributed by atoms with Crippen molar-refractivity contribution in [3.63, 3.8) is 0 Å². The molecule has 0 bridgehead atoms. The number of aryl methyl sites for hydroxylation is 1. The van der Waals surface area contributed by atoms with Gasteiger partial charge in [0.05, 0.1) is 0 Å². The summed E-state index contributed by atoms with van der Waals surface area (Å²) in [5.74, 6) is 0. The molecule has 1 heterocycles. The third-order valence-corrected chi connectivity index (χ3v) is 2.52. The van der Waals surface area contributed by atoms with Gasteiger partial charge in [0.25, 0.3) is 0 Å². The number of unbranched alkanes of at least 4 members (excludes halogenated alkanes) is 1. The van der Waals surface area contributed by atoms with Crippen LogP contribution in [0.15, 0.2) is 36.7 Å². The van der Waals surface area contributed by atoms with Gasteiger partial charge < -0.3 is 0 Å². The predicted molar refractivity (Wildman–Crippen MR) is 60.4 cm³/mol. The van der Waals surface area contributed by atoms with Crippen LogP contribution >= 0.6 is 0 Å². The number of benzene rings is 1. The average molecular weight is 185 g/mol. The molecule has 2 rings (SSSR count). The summed E-state index contributed by atoms with van der Waals surface area (Å²) in [6.45, 7) is 2.23. The predicted octanol–water partition coefficient (Wildman–Crippen LogP) is 3.58. The van der Waals surface area contributed by atoms with Crippen molar-refractivity contribution in [2.24, 2.45) is 0 Å². The van der Waals surface area contributed by atoms with Gasteiger partial charge >= 0.3 is 0 Å². The fraction of sp³-hybridized carbons (Fsp3) is 0.308. The monoisotopic (exact) mass is 185 g/mol. The molecule has 1 nitrogen and oxygen atoms in total. The highest BCUT2D eigenvalue weighted by atomic mass is 14.6. The standard InChI is InChI=1S/C13H15N/c1-2-3-4-11-5-6-13-10-14-8-7-12(13)9-11/h5-10H,2-4H2,1H3. The number of hydrogen-bond acceptors (Lipinski definition) is 1. The van der Waals surface area contributed by atoms with Crippen molar-refractivity contribution < 1.29 is 0 Å². The van der Waals surface area contributed by atoms with Gasteiger partial charge in [0.1, 0.15) is 0 Å².